The van der Waals surface area contributed by atoms with Crippen molar-refractivity contribution in [1.29, 1.82) is 0 Å². The van der Waals surface area contributed by atoms with E-state index in [1.54, 1.807) is 13.2 Å². The normalized spacial score (nSPS) is 34.9. The Bertz CT molecular complexity index is 1200. The first-order chi connectivity index (χ1) is 19.3. The van der Waals surface area contributed by atoms with Gasteiger partial charge in [0.2, 0.25) is 0 Å². The molecule has 1 aromatic rings. The van der Waals surface area contributed by atoms with Crippen LogP contribution in [0.15, 0.2) is 59.7 Å². The van der Waals surface area contributed by atoms with Crippen LogP contribution in [0, 0.1) is 22.7 Å². The van der Waals surface area contributed by atoms with Crippen LogP contribution in [0.2, 0.25) is 0 Å². The minimum atomic E-state index is -1.19. The molecule has 2 saturated carbocycles. The smallest absolute Gasteiger partial charge is 0.331 e. The van der Waals surface area contributed by atoms with Crippen molar-refractivity contribution < 1.29 is 38.7 Å². The second-order valence-electron chi connectivity index (χ2n) is 12.5. The average molecular weight is 569 g/mol. The summed E-state index contributed by atoms with van der Waals surface area (Å²) in [4.78, 5) is 24.9. The number of benzene rings is 1. The summed E-state index contributed by atoms with van der Waals surface area (Å²) < 4.78 is 23.4. The van der Waals surface area contributed by atoms with Crippen molar-refractivity contribution in [3.8, 4) is 0 Å². The van der Waals surface area contributed by atoms with Crippen LogP contribution in [-0.4, -0.2) is 66.6 Å². The highest BCUT2D eigenvalue weighted by Gasteiger charge is 2.61. The lowest BCUT2D eigenvalue weighted by molar-refractivity contribution is -0.197. The maximum absolute atomic E-state index is 12.9. The van der Waals surface area contributed by atoms with Gasteiger partial charge in [-0.15, -0.1) is 0 Å². The Morgan fingerprint density at radius 2 is 1.78 bits per heavy atom. The highest BCUT2D eigenvalue weighted by Crippen LogP contribution is 2.60. The van der Waals surface area contributed by atoms with E-state index < -0.39 is 59.2 Å². The van der Waals surface area contributed by atoms with Crippen molar-refractivity contribution in [2.75, 3.05) is 13.9 Å². The van der Waals surface area contributed by atoms with Gasteiger partial charge < -0.3 is 29.2 Å². The van der Waals surface area contributed by atoms with Crippen molar-refractivity contribution in [3.05, 3.63) is 65.3 Å². The molecule has 3 aliphatic carbocycles. The molecule has 0 aliphatic heterocycles. The second kappa shape index (κ2) is 12.2. The second-order valence-corrected chi connectivity index (χ2v) is 12.5. The maximum atomic E-state index is 12.9. The predicted molar refractivity (Wildman–Crippen MR) is 154 cm³/mol. The van der Waals surface area contributed by atoms with E-state index in [4.69, 9.17) is 18.9 Å². The summed E-state index contributed by atoms with van der Waals surface area (Å²) in [6.45, 7) is 13.6. The largest absolute Gasteiger partial charge is 0.458 e. The Labute approximate surface area is 243 Å². The van der Waals surface area contributed by atoms with Crippen molar-refractivity contribution in [2.45, 2.75) is 84.4 Å². The third-order valence-electron chi connectivity index (χ3n) is 9.62. The number of fused-ring (bicyclic) bond motifs is 3. The van der Waals surface area contributed by atoms with Gasteiger partial charge in [0.05, 0.1) is 12.2 Å². The van der Waals surface area contributed by atoms with E-state index in [9.17, 15) is 19.8 Å². The third-order valence-corrected chi connectivity index (χ3v) is 9.62. The Morgan fingerprint density at radius 1 is 1.10 bits per heavy atom. The molecule has 0 radical (unpaired) electrons. The van der Waals surface area contributed by atoms with Crippen LogP contribution in [0.1, 0.15) is 59.4 Å². The van der Waals surface area contributed by atoms with E-state index >= 15 is 0 Å². The number of esters is 2. The van der Waals surface area contributed by atoms with E-state index in [0.29, 0.717) is 30.4 Å². The van der Waals surface area contributed by atoms with Crippen molar-refractivity contribution >= 4 is 18.0 Å². The van der Waals surface area contributed by atoms with Gasteiger partial charge in [-0.25, -0.2) is 4.79 Å². The quantitative estimate of drug-likeness (QED) is 0.212. The van der Waals surface area contributed by atoms with Crippen LogP contribution in [0.4, 0.5) is 0 Å². The number of aliphatic hydroxyl groups is 2. The third kappa shape index (κ3) is 5.93. The Morgan fingerprint density at radius 3 is 2.41 bits per heavy atom. The summed E-state index contributed by atoms with van der Waals surface area (Å²) in [6, 6.07) is 9.48. The summed E-state index contributed by atoms with van der Waals surface area (Å²) in [5, 5.41) is 23.6. The predicted octanol–water partition coefficient (Wildman–Crippen LogP) is 4.60. The van der Waals surface area contributed by atoms with Gasteiger partial charge in [0.25, 0.3) is 0 Å². The first-order valence-electron chi connectivity index (χ1n) is 14.3. The molecule has 2 bridgehead atoms. The SMILES string of the molecule is C=C1[C@@H](OC(=O)/C=C/c2ccccc2)CC[C@@]2(C)[C@@H](O)[C@H](O)C3=C(C)[C@@H](OC(C)=O)C[C@@H]([C@@H](OCOC)[C@H]12)C3(C)C. The molecular weight excluding hydrogens is 524 g/mol. The van der Waals surface area contributed by atoms with E-state index in [0.717, 1.165) is 11.1 Å². The van der Waals surface area contributed by atoms with Crippen molar-refractivity contribution in [1.82, 2.24) is 0 Å². The molecule has 8 nitrogen and oxygen atoms in total. The number of carbonyl (C=O) groups is 2. The summed E-state index contributed by atoms with van der Waals surface area (Å²) in [6.07, 6.45) is 0.398. The monoisotopic (exact) mass is 568 g/mol. The highest BCUT2D eigenvalue weighted by molar-refractivity contribution is 5.87. The number of carbonyl (C=O) groups excluding carboxylic acids is 2. The van der Waals surface area contributed by atoms with E-state index in [-0.39, 0.29) is 12.7 Å². The van der Waals surface area contributed by atoms with Gasteiger partial charge in [-0.05, 0) is 65.9 Å². The zero-order valence-electron chi connectivity index (χ0n) is 25.0. The summed E-state index contributed by atoms with van der Waals surface area (Å²) in [7, 11) is 1.54. The van der Waals surface area contributed by atoms with Gasteiger partial charge in [0.15, 0.2) is 0 Å². The van der Waals surface area contributed by atoms with Gasteiger partial charge in [-0.1, -0.05) is 57.7 Å². The molecule has 2 N–H and O–H groups in total. The van der Waals surface area contributed by atoms with E-state index in [1.807, 2.05) is 58.0 Å². The Hall–Kier alpha value is -2.78. The van der Waals surface area contributed by atoms with Gasteiger partial charge in [0.1, 0.15) is 25.1 Å². The van der Waals surface area contributed by atoms with Gasteiger partial charge in [0, 0.05) is 31.4 Å². The molecule has 0 amide bonds. The molecule has 8 atom stereocenters. The van der Waals surface area contributed by atoms with Crippen LogP contribution in [0.3, 0.4) is 0 Å². The van der Waals surface area contributed by atoms with Crippen LogP contribution in [0.5, 0.6) is 0 Å². The van der Waals surface area contributed by atoms with Crippen LogP contribution in [0.25, 0.3) is 6.08 Å². The first kappa shape index (κ1) is 31.2. The van der Waals surface area contributed by atoms with Crippen molar-refractivity contribution in [3.63, 3.8) is 0 Å². The molecule has 3 aliphatic rings. The molecule has 2 fully saturated rings. The molecule has 8 heteroatoms. The zero-order valence-corrected chi connectivity index (χ0v) is 25.0. The standard InChI is InChI=1S/C33H44O8/c1-19-24(41-26(35)14-13-22-11-9-8-10-12-22)15-16-33(6)28(19)30(39-18-38-7)23-17-25(40-21(3)34)20(2)27(32(23,4)5)29(36)31(33)37/h8-14,23-25,28-31,36-37H,1,15-18H2,2-7H3/b14-13+/t23-,24-,25-,28-,29+,30+,31-,33+/m0/s1. The summed E-state index contributed by atoms with van der Waals surface area (Å²) >= 11 is 0. The number of hydrogen-bond donors (Lipinski definition) is 2. The molecule has 0 saturated heterocycles. The molecule has 0 aromatic heterocycles. The molecule has 0 heterocycles. The topological polar surface area (TPSA) is 112 Å². The summed E-state index contributed by atoms with van der Waals surface area (Å²) in [5.74, 6) is -1.64. The van der Waals surface area contributed by atoms with Crippen LogP contribution < -0.4 is 0 Å². The minimum absolute atomic E-state index is 0.00369. The number of methoxy groups -OCH3 is 1. The fourth-order valence-corrected chi connectivity index (χ4v) is 7.56. The molecule has 41 heavy (non-hydrogen) atoms. The van der Waals surface area contributed by atoms with Gasteiger partial charge in [-0.2, -0.15) is 0 Å². The molecule has 4 rings (SSSR count). The lowest BCUT2D eigenvalue weighted by Gasteiger charge is -2.59. The van der Waals surface area contributed by atoms with Gasteiger partial charge >= 0.3 is 11.9 Å². The average Bonchev–Trinajstić information content (AvgIpc) is 2.92. The molecular formula is C33H44O8. The van der Waals surface area contributed by atoms with E-state index in [1.165, 1.54) is 13.0 Å². The fraction of sp³-hybridized carbons (Fsp3) is 0.576. The lowest BCUT2D eigenvalue weighted by Crippen LogP contribution is -2.63. The molecule has 1 aromatic carbocycles. The molecule has 0 spiro atoms. The Kier molecular flexibility index (Phi) is 9.29. The number of hydrogen-bond acceptors (Lipinski definition) is 8. The summed E-state index contributed by atoms with van der Waals surface area (Å²) in [5.41, 5.74) is 1.47. The minimum Gasteiger partial charge on any atom is -0.458 e. The lowest BCUT2D eigenvalue weighted by atomic mass is 9.49. The van der Waals surface area contributed by atoms with Crippen LogP contribution >= 0.6 is 0 Å². The zero-order chi connectivity index (χ0) is 30.1. The molecule has 0 unspecified atom stereocenters. The molecule has 224 valence electrons. The van der Waals surface area contributed by atoms with Gasteiger partial charge in [-0.3, -0.25) is 4.79 Å². The maximum Gasteiger partial charge on any atom is 0.331 e. The number of rotatable bonds is 7. The first-order valence-corrected chi connectivity index (χ1v) is 14.3. The number of ether oxygens (including phenoxy) is 4. The fourth-order valence-electron chi connectivity index (χ4n) is 7.56. The van der Waals surface area contributed by atoms with Crippen molar-refractivity contribution in [2.24, 2.45) is 22.7 Å². The highest BCUT2D eigenvalue weighted by atomic mass is 16.7. The van der Waals surface area contributed by atoms with Crippen LogP contribution in [-0.2, 0) is 28.5 Å². The number of aliphatic hydroxyl groups excluding tert-OH is 2. The van der Waals surface area contributed by atoms with E-state index in [2.05, 4.69) is 6.58 Å². The Balaban J connectivity index is 1.74.